The Morgan fingerprint density at radius 2 is 2.09 bits per heavy atom. The third-order valence-corrected chi connectivity index (χ3v) is 3.82. The maximum atomic E-state index is 12.3. The van der Waals surface area contributed by atoms with E-state index in [1.807, 2.05) is 0 Å². The van der Waals surface area contributed by atoms with Gasteiger partial charge in [-0.15, -0.1) is 0 Å². The van der Waals surface area contributed by atoms with Crippen LogP contribution in [0.2, 0.25) is 0 Å². The van der Waals surface area contributed by atoms with E-state index in [4.69, 9.17) is 4.74 Å². The number of likely N-dealkylation sites (tertiary alicyclic amines) is 1. The highest BCUT2D eigenvalue weighted by Gasteiger charge is 2.35. The number of nitrogens with zero attached hydrogens (tertiary/aromatic N) is 1. The SMILES string of the molecule is COCCN1C[C@@H](C(=O)N[C@H](C(=O)O)c2ccccc2)CC1=O. The highest BCUT2D eigenvalue weighted by Crippen LogP contribution is 2.20. The van der Waals surface area contributed by atoms with Gasteiger partial charge in [-0.2, -0.15) is 0 Å². The van der Waals surface area contributed by atoms with Crippen LogP contribution in [-0.2, 0) is 19.1 Å². The standard InChI is InChI=1S/C16H20N2O5/c1-23-8-7-18-10-12(9-13(18)19)15(20)17-14(16(21)22)11-5-3-2-4-6-11/h2-6,12,14H,7-10H2,1H3,(H,17,20)(H,21,22)/t12-,14-/m0/s1. The summed E-state index contributed by atoms with van der Waals surface area (Å²) in [6, 6.07) is 7.36. The van der Waals surface area contributed by atoms with Crippen LogP contribution in [0.3, 0.4) is 0 Å². The summed E-state index contributed by atoms with van der Waals surface area (Å²) in [7, 11) is 1.54. The molecule has 0 spiro atoms. The number of carboxylic acids is 1. The molecule has 1 aromatic rings. The number of rotatable bonds is 7. The van der Waals surface area contributed by atoms with Crippen molar-refractivity contribution in [2.75, 3.05) is 26.8 Å². The van der Waals surface area contributed by atoms with Crippen molar-refractivity contribution in [2.45, 2.75) is 12.5 Å². The van der Waals surface area contributed by atoms with Gasteiger partial charge in [0, 0.05) is 26.6 Å². The predicted octanol–water partition coefficient (Wildman–Crippen LogP) is 0.423. The van der Waals surface area contributed by atoms with E-state index in [0.717, 1.165) is 0 Å². The molecule has 2 N–H and O–H groups in total. The van der Waals surface area contributed by atoms with Gasteiger partial charge in [0.15, 0.2) is 6.04 Å². The number of nitrogens with one attached hydrogen (secondary N) is 1. The van der Waals surface area contributed by atoms with Crippen molar-refractivity contribution in [3.8, 4) is 0 Å². The Morgan fingerprint density at radius 1 is 1.39 bits per heavy atom. The number of aliphatic carboxylic acids is 1. The van der Waals surface area contributed by atoms with Crippen LogP contribution < -0.4 is 5.32 Å². The zero-order valence-corrected chi connectivity index (χ0v) is 12.9. The number of hydrogen-bond donors (Lipinski definition) is 2. The molecule has 2 rings (SSSR count). The Kier molecular flexibility index (Phi) is 5.70. The fraction of sp³-hybridized carbons (Fsp3) is 0.438. The van der Waals surface area contributed by atoms with Crippen LogP contribution in [0.15, 0.2) is 30.3 Å². The fourth-order valence-corrected chi connectivity index (χ4v) is 2.56. The minimum Gasteiger partial charge on any atom is -0.479 e. The number of carbonyl (C=O) groups is 3. The first kappa shape index (κ1) is 17.0. The second-order valence-corrected chi connectivity index (χ2v) is 5.42. The second-order valence-electron chi connectivity index (χ2n) is 5.42. The number of benzene rings is 1. The highest BCUT2D eigenvalue weighted by molar-refractivity contribution is 5.91. The predicted molar refractivity (Wildman–Crippen MR) is 81.5 cm³/mol. The summed E-state index contributed by atoms with van der Waals surface area (Å²) in [5, 5.41) is 11.9. The van der Waals surface area contributed by atoms with Crippen molar-refractivity contribution in [3.05, 3.63) is 35.9 Å². The largest absolute Gasteiger partial charge is 0.479 e. The van der Waals surface area contributed by atoms with E-state index in [-0.39, 0.29) is 18.9 Å². The van der Waals surface area contributed by atoms with Crippen LogP contribution in [0.25, 0.3) is 0 Å². The van der Waals surface area contributed by atoms with E-state index in [1.165, 1.54) is 0 Å². The third kappa shape index (κ3) is 4.29. The lowest BCUT2D eigenvalue weighted by atomic mass is 10.0. The van der Waals surface area contributed by atoms with Crippen LogP contribution in [0, 0.1) is 5.92 Å². The molecule has 1 aromatic carbocycles. The summed E-state index contributed by atoms with van der Waals surface area (Å²) in [5.74, 6) is -2.21. The second kappa shape index (κ2) is 7.73. The topological polar surface area (TPSA) is 95.9 Å². The van der Waals surface area contributed by atoms with E-state index in [2.05, 4.69) is 5.32 Å². The van der Waals surface area contributed by atoms with Crippen LogP contribution in [0.4, 0.5) is 0 Å². The Labute approximate surface area is 134 Å². The monoisotopic (exact) mass is 320 g/mol. The van der Waals surface area contributed by atoms with Gasteiger partial charge < -0.3 is 20.1 Å². The summed E-state index contributed by atoms with van der Waals surface area (Å²) in [6.07, 6.45) is 0.0939. The molecule has 2 amide bonds. The third-order valence-electron chi connectivity index (χ3n) is 3.82. The van der Waals surface area contributed by atoms with Crippen LogP contribution in [0.1, 0.15) is 18.0 Å². The van der Waals surface area contributed by atoms with Gasteiger partial charge in [0.2, 0.25) is 11.8 Å². The molecule has 1 heterocycles. The molecule has 124 valence electrons. The molecule has 0 bridgehead atoms. The number of ether oxygens (including phenoxy) is 1. The molecule has 1 aliphatic rings. The molecule has 0 aliphatic carbocycles. The Hall–Kier alpha value is -2.41. The molecule has 1 aliphatic heterocycles. The van der Waals surface area contributed by atoms with E-state index in [9.17, 15) is 19.5 Å². The summed E-state index contributed by atoms with van der Waals surface area (Å²) in [5.41, 5.74) is 0.494. The van der Waals surface area contributed by atoms with Crippen molar-refractivity contribution >= 4 is 17.8 Å². The molecule has 7 heteroatoms. The molecule has 7 nitrogen and oxygen atoms in total. The summed E-state index contributed by atoms with van der Waals surface area (Å²) in [4.78, 5) is 37.1. The summed E-state index contributed by atoms with van der Waals surface area (Å²) < 4.78 is 4.93. The molecule has 0 radical (unpaired) electrons. The average Bonchev–Trinajstić information content (AvgIpc) is 2.92. The Balaban J connectivity index is 2.00. The maximum Gasteiger partial charge on any atom is 0.330 e. The van der Waals surface area contributed by atoms with Gasteiger partial charge in [-0.3, -0.25) is 9.59 Å². The molecular formula is C16H20N2O5. The van der Waals surface area contributed by atoms with Gasteiger partial charge in [0.1, 0.15) is 0 Å². The molecule has 0 aromatic heterocycles. The smallest absolute Gasteiger partial charge is 0.330 e. The van der Waals surface area contributed by atoms with E-state index in [0.29, 0.717) is 18.7 Å². The minimum atomic E-state index is -1.13. The van der Waals surface area contributed by atoms with Crippen molar-refractivity contribution in [1.82, 2.24) is 10.2 Å². The van der Waals surface area contributed by atoms with Gasteiger partial charge in [0.05, 0.1) is 12.5 Å². The zero-order chi connectivity index (χ0) is 16.8. The van der Waals surface area contributed by atoms with Crippen LogP contribution in [0.5, 0.6) is 0 Å². The van der Waals surface area contributed by atoms with E-state index < -0.39 is 23.8 Å². The van der Waals surface area contributed by atoms with Gasteiger partial charge >= 0.3 is 5.97 Å². The highest BCUT2D eigenvalue weighted by atomic mass is 16.5. The van der Waals surface area contributed by atoms with Crippen LogP contribution >= 0.6 is 0 Å². The molecule has 1 fully saturated rings. The van der Waals surface area contributed by atoms with Crippen molar-refractivity contribution in [2.24, 2.45) is 5.92 Å². The quantitative estimate of drug-likeness (QED) is 0.759. The molecule has 0 saturated carbocycles. The zero-order valence-electron chi connectivity index (χ0n) is 12.9. The first-order valence-corrected chi connectivity index (χ1v) is 7.37. The van der Waals surface area contributed by atoms with Gasteiger partial charge in [0.25, 0.3) is 0 Å². The number of carboxylic acid groups (broad SMARTS) is 1. The van der Waals surface area contributed by atoms with E-state index in [1.54, 1.807) is 42.3 Å². The molecular weight excluding hydrogens is 300 g/mol. The number of amides is 2. The lowest BCUT2D eigenvalue weighted by Gasteiger charge is -2.18. The van der Waals surface area contributed by atoms with E-state index >= 15 is 0 Å². The lowest BCUT2D eigenvalue weighted by Crippen LogP contribution is -2.39. The Bertz CT molecular complexity index is 575. The summed E-state index contributed by atoms with van der Waals surface area (Å²) >= 11 is 0. The van der Waals surface area contributed by atoms with Crippen molar-refractivity contribution in [3.63, 3.8) is 0 Å². The molecule has 23 heavy (non-hydrogen) atoms. The molecule has 2 atom stereocenters. The first-order valence-electron chi connectivity index (χ1n) is 7.37. The fourth-order valence-electron chi connectivity index (χ4n) is 2.56. The lowest BCUT2D eigenvalue weighted by molar-refractivity contribution is -0.142. The van der Waals surface area contributed by atoms with Crippen LogP contribution in [-0.4, -0.2) is 54.6 Å². The minimum absolute atomic E-state index is 0.0939. The average molecular weight is 320 g/mol. The van der Waals surface area contributed by atoms with Gasteiger partial charge in [-0.1, -0.05) is 30.3 Å². The first-order chi connectivity index (χ1) is 11.0. The molecule has 0 unspecified atom stereocenters. The van der Waals surface area contributed by atoms with Gasteiger partial charge in [-0.05, 0) is 5.56 Å². The van der Waals surface area contributed by atoms with Gasteiger partial charge in [-0.25, -0.2) is 4.79 Å². The van der Waals surface area contributed by atoms with Crippen molar-refractivity contribution in [1.29, 1.82) is 0 Å². The van der Waals surface area contributed by atoms with Crippen molar-refractivity contribution < 1.29 is 24.2 Å². The summed E-state index contributed by atoms with van der Waals surface area (Å²) in [6.45, 7) is 1.12. The normalized spacial score (nSPS) is 18.7. The maximum absolute atomic E-state index is 12.3. The molecule has 1 saturated heterocycles. The Morgan fingerprint density at radius 3 is 2.70 bits per heavy atom. The number of hydrogen-bond acceptors (Lipinski definition) is 4. The number of carbonyl (C=O) groups excluding carboxylic acids is 2. The number of methoxy groups -OCH3 is 1.